The highest BCUT2D eigenvalue weighted by Gasteiger charge is 2.21. The lowest BCUT2D eigenvalue weighted by atomic mass is 9.96. The molecule has 1 aliphatic rings. The zero-order valence-electron chi connectivity index (χ0n) is 13.4. The van der Waals surface area contributed by atoms with Crippen LogP contribution in [0, 0.1) is 17.2 Å². The first-order valence-corrected chi connectivity index (χ1v) is 7.77. The summed E-state index contributed by atoms with van der Waals surface area (Å²) in [5.74, 6) is 1.66. The van der Waals surface area contributed by atoms with E-state index >= 15 is 0 Å². The number of carbonyl (C=O) groups excluding carboxylic acids is 1. The molecule has 1 amide bonds. The van der Waals surface area contributed by atoms with Gasteiger partial charge in [0.25, 0.3) is 5.91 Å². The first kappa shape index (κ1) is 15.9. The molecule has 122 valence electrons. The molecule has 5 heteroatoms. The van der Waals surface area contributed by atoms with Crippen molar-refractivity contribution in [2.75, 3.05) is 20.3 Å². The Labute approximate surface area is 140 Å². The Hall–Kier alpha value is -3.00. The number of ether oxygens (including phenoxy) is 2. The summed E-state index contributed by atoms with van der Waals surface area (Å²) in [5, 5.41) is 11.8. The number of fused-ring (bicyclic) bond motifs is 1. The SMILES string of the molecule is COc1ccc2c(c1)OC[C@@H](CNC(=O)c1cccc(C#N)c1)C2. The molecule has 3 rings (SSSR count). The fraction of sp³-hybridized carbons (Fsp3) is 0.263. The maximum absolute atomic E-state index is 12.2. The van der Waals surface area contributed by atoms with Crippen LogP contribution < -0.4 is 14.8 Å². The molecule has 0 radical (unpaired) electrons. The summed E-state index contributed by atoms with van der Waals surface area (Å²) in [4.78, 5) is 12.2. The molecule has 5 nitrogen and oxygen atoms in total. The normalized spacial score (nSPS) is 15.6. The maximum Gasteiger partial charge on any atom is 0.251 e. The second-order valence-corrected chi connectivity index (χ2v) is 5.76. The number of benzene rings is 2. The lowest BCUT2D eigenvalue weighted by molar-refractivity contribution is 0.0939. The fourth-order valence-electron chi connectivity index (χ4n) is 2.74. The van der Waals surface area contributed by atoms with E-state index in [0.717, 1.165) is 23.5 Å². The number of nitriles is 1. The van der Waals surface area contributed by atoms with E-state index in [-0.39, 0.29) is 11.8 Å². The Morgan fingerprint density at radius 2 is 2.25 bits per heavy atom. The molecule has 0 bridgehead atoms. The van der Waals surface area contributed by atoms with Crippen LogP contribution in [0.25, 0.3) is 0 Å². The monoisotopic (exact) mass is 322 g/mol. The van der Waals surface area contributed by atoms with Gasteiger partial charge in [0.2, 0.25) is 0 Å². The average Bonchev–Trinajstić information content (AvgIpc) is 2.65. The zero-order valence-corrected chi connectivity index (χ0v) is 13.4. The molecule has 0 spiro atoms. The Kier molecular flexibility index (Phi) is 4.66. The Morgan fingerprint density at radius 3 is 3.04 bits per heavy atom. The third-order valence-corrected chi connectivity index (χ3v) is 4.06. The molecule has 1 N–H and O–H groups in total. The fourth-order valence-corrected chi connectivity index (χ4v) is 2.74. The van der Waals surface area contributed by atoms with Crippen LogP contribution in [-0.4, -0.2) is 26.2 Å². The van der Waals surface area contributed by atoms with Crippen molar-refractivity contribution >= 4 is 5.91 Å². The summed E-state index contributed by atoms with van der Waals surface area (Å²) in [6, 6.07) is 14.5. The van der Waals surface area contributed by atoms with Gasteiger partial charge in [0, 0.05) is 24.1 Å². The standard InChI is InChI=1S/C19H18N2O3/c1-23-17-6-5-15-8-14(12-24-18(15)9-17)11-21-19(22)16-4-2-3-13(7-16)10-20/h2-7,9,14H,8,11-12H2,1H3,(H,21,22)/t14-/m1/s1. The Morgan fingerprint density at radius 1 is 1.38 bits per heavy atom. The number of nitrogens with zero attached hydrogens (tertiary/aromatic N) is 1. The lowest BCUT2D eigenvalue weighted by Gasteiger charge is -2.25. The van der Waals surface area contributed by atoms with Crippen molar-refractivity contribution < 1.29 is 14.3 Å². The van der Waals surface area contributed by atoms with E-state index in [0.29, 0.717) is 24.3 Å². The molecule has 2 aromatic carbocycles. The van der Waals surface area contributed by atoms with Gasteiger partial charge in [-0.15, -0.1) is 0 Å². The topological polar surface area (TPSA) is 71.3 Å². The molecule has 0 unspecified atom stereocenters. The van der Waals surface area contributed by atoms with Gasteiger partial charge in [-0.05, 0) is 36.2 Å². The van der Waals surface area contributed by atoms with Crippen LogP contribution in [0.1, 0.15) is 21.5 Å². The minimum atomic E-state index is -0.173. The lowest BCUT2D eigenvalue weighted by Crippen LogP contribution is -2.34. The summed E-state index contributed by atoms with van der Waals surface area (Å²) in [5.41, 5.74) is 2.09. The highest BCUT2D eigenvalue weighted by atomic mass is 16.5. The molecule has 24 heavy (non-hydrogen) atoms. The third-order valence-electron chi connectivity index (χ3n) is 4.06. The Bertz CT molecular complexity index is 795. The predicted molar refractivity (Wildman–Crippen MR) is 89.2 cm³/mol. The number of hydrogen-bond acceptors (Lipinski definition) is 4. The van der Waals surface area contributed by atoms with Gasteiger partial charge in [-0.25, -0.2) is 0 Å². The van der Waals surface area contributed by atoms with Gasteiger partial charge < -0.3 is 14.8 Å². The number of rotatable bonds is 4. The van der Waals surface area contributed by atoms with E-state index in [9.17, 15) is 4.79 Å². The van der Waals surface area contributed by atoms with Crippen molar-refractivity contribution in [3.05, 3.63) is 59.2 Å². The number of methoxy groups -OCH3 is 1. The molecule has 0 fully saturated rings. The number of amides is 1. The molecule has 0 aliphatic carbocycles. The van der Waals surface area contributed by atoms with Gasteiger partial charge in [-0.2, -0.15) is 5.26 Å². The van der Waals surface area contributed by atoms with E-state index in [1.807, 2.05) is 24.3 Å². The van der Waals surface area contributed by atoms with Gasteiger partial charge >= 0.3 is 0 Å². The number of carbonyl (C=O) groups is 1. The van der Waals surface area contributed by atoms with Crippen molar-refractivity contribution in [1.29, 1.82) is 5.26 Å². The predicted octanol–water partition coefficient (Wildman–Crippen LogP) is 2.55. The van der Waals surface area contributed by atoms with Gasteiger partial charge in [-0.3, -0.25) is 4.79 Å². The maximum atomic E-state index is 12.2. The van der Waals surface area contributed by atoms with Crippen LogP contribution in [0.2, 0.25) is 0 Å². The van der Waals surface area contributed by atoms with E-state index in [2.05, 4.69) is 5.32 Å². The van der Waals surface area contributed by atoms with Crippen LogP contribution in [0.3, 0.4) is 0 Å². The van der Waals surface area contributed by atoms with Crippen LogP contribution in [0.15, 0.2) is 42.5 Å². The Balaban J connectivity index is 1.59. The van der Waals surface area contributed by atoms with Crippen LogP contribution >= 0.6 is 0 Å². The first-order chi connectivity index (χ1) is 11.7. The smallest absolute Gasteiger partial charge is 0.251 e. The third kappa shape index (κ3) is 3.49. The van der Waals surface area contributed by atoms with Gasteiger partial charge in [-0.1, -0.05) is 12.1 Å². The minimum Gasteiger partial charge on any atom is -0.497 e. The van der Waals surface area contributed by atoms with E-state index in [1.165, 1.54) is 0 Å². The molecule has 0 saturated carbocycles. The van der Waals surface area contributed by atoms with Crippen molar-refractivity contribution in [2.24, 2.45) is 5.92 Å². The second-order valence-electron chi connectivity index (χ2n) is 5.76. The molecule has 0 saturated heterocycles. The summed E-state index contributed by atoms with van der Waals surface area (Å²) in [6.07, 6.45) is 0.845. The minimum absolute atomic E-state index is 0.173. The van der Waals surface area contributed by atoms with E-state index in [1.54, 1.807) is 31.4 Å². The van der Waals surface area contributed by atoms with Crippen molar-refractivity contribution in [1.82, 2.24) is 5.32 Å². The number of hydrogen-bond donors (Lipinski definition) is 1. The van der Waals surface area contributed by atoms with Gasteiger partial charge in [0.15, 0.2) is 0 Å². The van der Waals surface area contributed by atoms with Crippen LogP contribution in [0.5, 0.6) is 11.5 Å². The summed E-state index contributed by atoms with van der Waals surface area (Å²) in [6.45, 7) is 1.08. The molecule has 0 aromatic heterocycles. The summed E-state index contributed by atoms with van der Waals surface area (Å²) in [7, 11) is 1.63. The highest BCUT2D eigenvalue weighted by Crippen LogP contribution is 2.30. The van der Waals surface area contributed by atoms with Gasteiger partial charge in [0.05, 0.1) is 25.3 Å². The number of nitrogens with one attached hydrogen (secondary N) is 1. The quantitative estimate of drug-likeness (QED) is 0.939. The van der Waals surface area contributed by atoms with Crippen molar-refractivity contribution in [3.8, 4) is 17.6 Å². The highest BCUT2D eigenvalue weighted by molar-refractivity contribution is 5.94. The molecule has 1 heterocycles. The van der Waals surface area contributed by atoms with Crippen LogP contribution in [0.4, 0.5) is 0 Å². The van der Waals surface area contributed by atoms with Crippen molar-refractivity contribution in [3.63, 3.8) is 0 Å². The molecule has 1 aliphatic heterocycles. The summed E-state index contributed by atoms with van der Waals surface area (Å²) < 4.78 is 11.0. The molecular weight excluding hydrogens is 304 g/mol. The summed E-state index contributed by atoms with van der Waals surface area (Å²) >= 11 is 0. The van der Waals surface area contributed by atoms with E-state index < -0.39 is 0 Å². The average molecular weight is 322 g/mol. The molecule has 2 aromatic rings. The molecular formula is C19H18N2O3. The van der Waals surface area contributed by atoms with E-state index in [4.69, 9.17) is 14.7 Å². The van der Waals surface area contributed by atoms with Crippen LogP contribution in [-0.2, 0) is 6.42 Å². The first-order valence-electron chi connectivity index (χ1n) is 7.77. The second kappa shape index (κ2) is 7.05. The van der Waals surface area contributed by atoms with Gasteiger partial charge in [0.1, 0.15) is 11.5 Å². The van der Waals surface area contributed by atoms with Crippen molar-refractivity contribution in [2.45, 2.75) is 6.42 Å². The largest absolute Gasteiger partial charge is 0.497 e. The molecule has 1 atom stereocenters. The zero-order chi connectivity index (χ0) is 16.9.